The Hall–Kier alpha value is -2.02. The Morgan fingerprint density at radius 1 is 1.31 bits per heavy atom. The molecule has 0 spiro atoms. The topological polar surface area (TPSA) is 59.1 Å². The van der Waals surface area contributed by atoms with Gasteiger partial charge in [-0.15, -0.1) is 9.73 Å². The Bertz CT molecular complexity index is 662. The van der Waals surface area contributed by atoms with Crippen LogP contribution in [0.2, 0.25) is 0 Å². The van der Waals surface area contributed by atoms with E-state index in [2.05, 4.69) is 15.2 Å². The highest BCUT2D eigenvalue weighted by molar-refractivity contribution is 7.71. The zero-order chi connectivity index (χ0) is 11.1. The second-order valence-corrected chi connectivity index (χ2v) is 3.52. The summed E-state index contributed by atoms with van der Waals surface area (Å²) in [6.07, 6.45) is 0. The number of fused-ring (bicyclic) bond motifs is 1. The normalized spacial score (nSPS) is 11.1. The summed E-state index contributed by atoms with van der Waals surface area (Å²) in [5.41, 5.74) is 0.672. The second-order valence-electron chi connectivity index (χ2n) is 3.14. The molecule has 0 aliphatic carbocycles. The maximum Gasteiger partial charge on any atom is 0.343 e. The molecular formula is C9H5FN4OS. The third-order valence-corrected chi connectivity index (χ3v) is 2.23. The molecule has 3 aromatic rings. The van der Waals surface area contributed by atoms with Gasteiger partial charge in [0.1, 0.15) is 5.82 Å². The van der Waals surface area contributed by atoms with Crippen LogP contribution in [0.3, 0.4) is 0 Å². The molecule has 0 aliphatic heterocycles. The molecule has 2 heterocycles. The number of nitrogens with one attached hydrogen (secondary N) is 1. The lowest BCUT2D eigenvalue weighted by Crippen LogP contribution is -1.86. The van der Waals surface area contributed by atoms with E-state index >= 15 is 0 Å². The molecule has 1 N–H and O–H groups in total. The first-order valence-corrected chi connectivity index (χ1v) is 4.85. The van der Waals surface area contributed by atoms with E-state index in [0.29, 0.717) is 16.2 Å². The van der Waals surface area contributed by atoms with Crippen molar-refractivity contribution in [1.29, 1.82) is 0 Å². The lowest BCUT2D eigenvalue weighted by Gasteiger charge is -1.92. The minimum atomic E-state index is -0.306. The summed E-state index contributed by atoms with van der Waals surface area (Å²) in [5.74, 6) is 0.331. The largest absolute Gasteiger partial charge is 0.402 e. The molecule has 5 nitrogen and oxygen atoms in total. The van der Waals surface area contributed by atoms with Crippen LogP contribution in [0.25, 0.3) is 17.3 Å². The van der Waals surface area contributed by atoms with Crippen molar-refractivity contribution in [3.05, 3.63) is 34.9 Å². The molecule has 0 fully saturated rings. The monoisotopic (exact) mass is 236 g/mol. The Morgan fingerprint density at radius 2 is 2.06 bits per heavy atom. The molecule has 0 aliphatic rings. The molecule has 0 saturated heterocycles. The number of hydrogen-bond acceptors (Lipinski definition) is 4. The van der Waals surface area contributed by atoms with E-state index in [1.165, 1.54) is 16.8 Å². The van der Waals surface area contributed by atoms with Crippen LogP contribution in [0, 0.1) is 10.6 Å². The standard InChI is InChI=1S/C9H5FN4OS/c10-6-3-1-5(2-4-6)7-12-14-9(15-7)11-8(16)13-14/h1-4H,(H,13,16). The second kappa shape index (κ2) is 3.24. The van der Waals surface area contributed by atoms with Gasteiger partial charge >= 0.3 is 5.84 Å². The number of halogens is 1. The van der Waals surface area contributed by atoms with Gasteiger partial charge < -0.3 is 4.42 Å². The maximum absolute atomic E-state index is 12.7. The van der Waals surface area contributed by atoms with Gasteiger partial charge in [0.05, 0.1) is 0 Å². The molecular weight excluding hydrogens is 231 g/mol. The Kier molecular flexibility index (Phi) is 1.87. The number of hydrogen-bond donors (Lipinski definition) is 1. The van der Waals surface area contributed by atoms with Crippen LogP contribution in [0.1, 0.15) is 0 Å². The molecule has 0 saturated carbocycles. The van der Waals surface area contributed by atoms with E-state index in [4.69, 9.17) is 16.6 Å². The van der Waals surface area contributed by atoms with Crippen molar-refractivity contribution in [3.8, 4) is 11.5 Å². The molecule has 80 valence electrons. The molecule has 2 aromatic heterocycles. The van der Waals surface area contributed by atoms with E-state index in [1.54, 1.807) is 12.1 Å². The lowest BCUT2D eigenvalue weighted by atomic mass is 10.2. The zero-order valence-corrected chi connectivity index (χ0v) is 8.66. The van der Waals surface area contributed by atoms with Crippen LogP contribution >= 0.6 is 12.2 Å². The van der Waals surface area contributed by atoms with Gasteiger partial charge in [0.15, 0.2) is 0 Å². The molecule has 0 atom stereocenters. The van der Waals surface area contributed by atoms with E-state index in [1.807, 2.05) is 0 Å². The number of aromatic amines is 1. The van der Waals surface area contributed by atoms with Crippen molar-refractivity contribution in [1.82, 2.24) is 19.8 Å². The summed E-state index contributed by atoms with van der Waals surface area (Å²) in [6, 6.07) is 5.83. The number of aromatic nitrogens is 4. The van der Waals surface area contributed by atoms with Gasteiger partial charge in [-0.3, -0.25) is 0 Å². The lowest BCUT2D eigenvalue weighted by molar-refractivity contribution is 0.603. The van der Waals surface area contributed by atoms with Crippen LogP contribution < -0.4 is 0 Å². The minimum absolute atomic E-state index is 0.282. The Morgan fingerprint density at radius 3 is 2.75 bits per heavy atom. The summed E-state index contributed by atoms with van der Waals surface area (Å²) in [5, 5.41) is 6.78. The number of H-pyrrole nitrogens is 1. The van der Waals surface area contributed by atoms with Crippen LogP contribution in [-0.4, -0.2) is 19.8 Å². The summed E-state index contributed by atoms with van der Waals surface area (Å²) < 4.78 is 19.7. The van der Waals surface area contributed by atoms with E-state index < -0.39 is 0 Å². The molecule has 0 radical (unpaired) electrons. The van der Waals surface area contributed by atoms with Crippen LogP contribution in [0.4, 0.5) is 4.39 Å². The predicted octanol–water partition coefficient (Wildman–Crippen LogP) is 2.19. The fraction of sp³-hybridized carbons (Fsp3) is 0. The smallest absolute Gasteiger partial charge is 0.343 e. The number of benzene rings is 1. The third-order valence-electron chi connectivity index (χ3n) is 2.05. The highest BCUT2D eigenvalue weighted by atomic mass is 32.1. The number of nitrogens with zero attached hydrogens (tertiary/aromatic N) is 3. The van der Waals surface area contributed by atoms with Crippen molar-refractivity contribution in [2.45, 2.75) is 0 Å². The zero-order valence-electron chi connectivity index (χ0n) is 7.85. The highest BCUT2D eigenvalue weighted by Crippen LogP contribution is 2.18. The third kappa shape index (κ3) is 1.41. The molecule has 0 amide bonds. The first kappa shape index (κ1) is 9.22. The molecule has 3 rings (SSSR count). The molecule has 0 unspecified atom stereocenters. The van der Waals surface area contributed by atoms with Gasteiger partial charge in [-0.2, -0.15) is 4.98 Å². The van der Waals surface area contributed by atoms with Gasteiger partial charge in [-0.25, -0.2) is 9.49 Å². The quantitative estimate of drug-likeness (QED) is 0.658. The fourth-order valence-corrected chi connectivity index (χ4v) is 1.50. The number of rotatable bonds is 1. The van der Waals surface area contributed by atoms with Crippen molar-refractivity contribution < 1.29 is 8.81 Å². The van der Waals surface area contributed by atoms with Crippen LogP contribution in [0.5, 0.6) is 0 Å². The van der Waals surface area contributed by atoms with Gasteiger partial charge in [0.25, 0.3) is 0 Å². The van der Waals surface area contributed by atoms with Crippen molar-refractivity contribution in [2.24, 2.45) is 0 Å². The average molecular weight is 236 g/mol. The summed E-state index contributed by atoms with van der Waals surface area (Å²) in [6.45, 7) is 0. The van der Waals surface area contributed by atoms with Gasteiger partial charge in [0.2, 0.25) is 10.7 Å². The summed E-state index contributed by atoms with van der Waals surface area (Å²) in [7, 11) is 0. The highest BCUT2D eigenvalue weighted by Gasteiger charge is 2.09. The average Bonchev–Trinajstić information content (AvgIpc) is 2.75. The fourth-order valence-electron chi connectivity index (χ4n) is 1.34. The molecule has 0 bridgehead atoms. The summed E-state index contributed by atoms with van der Waals surface area (Å²) in [4.78, 5) is 3.90. The van der Waals surface area contributed by atoms with Gasteiger partial charge in [-0.1, -0.05) is 0 Å². The predicted molar refractivity (Wildman–Crippen MR) is 55.8 cm³/mol. The molecule has 16 heavy (non-hydrogen) atoms. The maximum atomic E-state index is 12.7. The summed E-state index contributed by atoms with van der Waals surface area (Å²) >= 11 is 4.81. The first-order valence-electron chi connectivity index (χ1n) is 4.44. The van der Waals surface area contributed by atoms with Crippen molar-refractivity contribution in [2.75, 3.05) is 0 Å². The Labute approximate surface area is 93.5 Å². The van der Waals surface area contributed by atoms with Gasteiger partial charge in [-0.05, 0) is 36.5 Å². The SMILES string of the molecule is Fc1ccc(-c2nn3[nH]c(=S)nc3o2)cc1. The first-order chi connectivity index (χ1) is 7.72. The van der Waals surface area contributed by atoms with E-state index in [-0.39, 0.29) is 11.7 Å². The minimum Gasteiger partial charge on any atom is -0.402 e. The molecule has 1 aromatic carbocycles. The van der Waals surface area contributed by atoms with Crippen molar-refractivity contribution >= 4 is 18.1 Å². The van der Waals surface area contributed by atoms with E-state index in [9.17, 15) is 4.39 Å². The van der Waals surface area contributed by atoms with E-state index in [0.717, 1.165) is 0 Å². The van der Waals surface area contributed by atoms with Crippen LogP contribution in [-0.2, 0) is 0 Å². The van der Waals surface area contributed by atoms with Crippen LogP contribution in [0.15, 0.2) is 28.7 Å². The molecule has 7 heteroatoms. The van der Waals surface area contributed by atoms with Gasteiger partial charge in [0, 0.05) is 5.56 Å². The Balaban J connectivity index is 2.15. The van der Waals surface area contributed by atoms with Crippen molar-refractivity contribution in [3.63, 3.8) is 0 Å².